The fourth-order valence-corrected chi connectivity index (χ4v) is 1.95. The van der Waals surface area contributed by atoms with Gasteiger partial charge in [0.2, 0.25) is 0 Å². The van der Waals surface area contributed by atoms with Crippen molar-refractivity contribution in [1.29, 1.82) is 0 Å². The van der Waals surface area contributed by atoms with Crippen molar-refractivity contribution in [1.82, 2.24) is 20.2 Å². The molecule has 0 aliphatic heterocycles. The van der Waals surface area contributed by atoms with E-state index >= 15 is 0 Å². The molecule has 0 aliphatic rings. The van der Waals surface area contributed by atoms with Crippen molar-refractivity contribution < 1.29 is 9.90 Å². The van der Waals surface area contributed by atoms with Gasteiger partial charge in [-0.25, -0.2) is 4.79 Å². The highest BCUT2D eigenvalue weighted by Crippen LogP contribution is 2.21. The highest BCUT2D eigenvalue weighted by Gasteiger charge is 2.08. The first-order valence-corrected chi connectivity index (χ1v) is 5.60. The van der Waals surface area contributed by atoms with Gasteiger partial charge in [-0.2, -0.15) is 5.10 Å². The summed E-state index contributed by atoms with van der Waals surface area (Å²) in [4.78, 5) is 27.1. The predicted molar refractivity (Wildman–Crippen MR) is 67.8 cm³/mol. The van der Waals surface area contributed by atoms with Gasteiger partial charge in [-0.05, 0) is 18.2 Å². The maximum atomic E-state index is 11.2. The summed E-state index contributed by atoms with van der Waals surface area (Å²) in [6.07, 6.45) is -0.101. The molecule has 0 aliphatic carbocycles. The van der Waals surface area contributed by atoms with Crippen molar-refractivity contribution in [2.45, 2.75) is 6.42 Å². The second kappa shape index (κ2) is 4.13. The molecule has 19 heavy (non-hydrogen) atoms. The molecule has 0 spiro atoms. The first-order chi connectivity index (χ1) is 9.11. The number of aromatic nitrogens is 4. The zero-order valence-electron chi connectivity index (χ0n) is 9.73. The standard InChI is InChI=1S/C12H10N4O3/c17-11(18)5-7-4-9(16-15-7)6-1-2-8-10(3-6)14-12(19)13-8/h1-4H,5H2,(H,15,16)(H,17,18)(H2,13,14,19). The number of aromatic amines is 3. The van der Waals surface area contributed by atoms with Crippen LogP contribution in [0, 0.1) is 0 Å². The van der Waals surface area contributed by atoms with Crippen molar-refractivity contribution in [3.63, 3.8) is 0 Å². The summed E-state index contributed by atoms with van der Waals surface area (Å²) in [5.41, 5.74) is 3.11. The Morgan fingerprint density at radius 3 is 2.79 bits per heavy atom. The Kier molecular flexibility index (Phi) is 2.45. The molecule has 96 valence electrons. The topological polar surface area (TPSA) is 115 Å². The van der Waals surface area contributed by atoms with Gasteiger partial charge in [0.15, 0.2) is 0 Å². The van der Waals surface area contributed by atoms with Crippen molar-refractivity contribution in [3.05, 3.63) is 40.4 Å². The minimum atomic E-state index is -0.916. The highest BCUT2D eigenvalue weighted by atomic mass is 16.4. The number of nitrogens with one attached hydrogen (secondary N) is 3. The molecule has 2 heterocycles. The molecule has 0 bridgehead atoms. The number of carbonyl (C=O) groups is 1. The Morgan fingerprint density at radius 1 is 1.21 bits per heavy atom. The summed E-state index contributed by atoms with van der Waals surface area (Å²) in [6.45, 7) is 0. The SMILES string of the molecule is O=C(O)Cc1cc(-c2ccc3[nH]c(=O)[nH]c3c2)n[nH]1. The van der Waals surface area contributed by atoms with Crippen LogP contribution in [0.5, 0.6) is 0 Å². The third-order valence-electron chi connectivity index (χ3n) is 2.78. The number of rotatable bonds is 3. The van der Waals surface area contributed by atoms with Crippen LogP contribution in [0.3, 0.4) is 0 Å². The Labute approximate surface area is 106 Å². The van der Waals surface area contributed by atoms with E-state index in [0.29, 0.717) is 16.9 Å². The second-order valence-corrected chi connectivity index (χ2v) is 4.19. The normalized spacial score (nSPS) is 10.9. The lowest BCUT2D eigenvalue weighted by Gasteiger charge is -1.95. The number of fused-ring (bicyclic) bond motifs is 1. The number of benzene rings is 1. The smallest absolute Gasteiger partial charge is 0.323 e. The molecule has 1 aromatic carbocycles. The number of H-pyrrole nitrogens is 3. The van der Waals surface area contributed by atoms with Crippen LogP contribution in [-0.2, 0) is 11.2 Å². The van der Waals surface area contributed by atoms with Gasteiger partial charge in [-0.1, -0.05) is 6.07 Å². The molecule has 0 saturated heterocycles. The molecule has 3 aromatic rings. The van der Waals surface area contributed by atoms with Gasteiger partial charge in [-0.3, -0.25) is 9.89 Å². The van der Waals surface area contributed by atoms with Crippen LogP contribution in [-0.4, -0.2) is 31.2 Å². The van der Waals surface area contributed by atoms with Gasteiger partial charge in [0.05, 0.1) is 23.1 Å². The van der Waals surface area contributed by atoms with E-state index in [1.165, 1.54) is 0 Å². The average Bonchev–Trinajstić information content (AvgIpc) is 2.92. The number of aliphatic carboxylic acids is 1. The number of carboxylic acid groups (broad SMARTS) is 1. The Bertz CT molecular complexity index is 812. The van der Waals surface area contributed by atoms with Gasteiger partial charge in [0, 0.05) is 11.3 Å². The van der Waals surface area contributed by atoms with Crippen LogP contribution in [0.15, 0.2) is 29.1 Å². The minimum absolute atomic E-state index is 0.101. The van der Waals surface area contributed by atoms with Crippen molar-refractivity contribution >= 4 is 17.0 Å². The zero-order valence-corrected chi connectivity index (χ0v) is 9.73. The van der Waals surface area contributed by atoms with E-state index in [9.17, 15) is 9.59 Å². The lowest BCUT2D eigenvalue weighted by Crippen LogP contribution is -1.99. The van der Waals surface area contributed by atoms with E-state index in [0.717, 1.165) is 11.1 Å². The third kappa shape index (κ3) is 2.13. The van der Waals surface area contributed by atoms with Crippen LogP contribution < -0.4 is 5.69 Å². The maximum Gasteiger partial charge on any atom is 0.323 e. The number of hydrogen-bond acceptors (Lipinski definition) is 3. The van der Waals surface area contributed by atoms with Gasteiger partial charge in [-0.15, -0.1) is 0 Å². The van der Waals surface area contributed by atoms with Crippen LogP contribution in [0.25, 0.3) is 22.3 Å². The molecule has 0 fully saturated rings. The molecule has 0 radical (unpaired) electrons. The van der Waals surface area contributed by atoms with Crippen LogP contribution in [0.4, 0.5) is 0 Å². The summed E-state index contributed by atoms with van der Waals surface area (Å²) in [6, 6.07) is 7.05. The second-order valence-electron chi connectivity index (χ2n) is 4.19. The Morgan fingerprint density at radius 2 is 2.00 bits per heavy atom. The Hall–Kier alpha value is -2.83. The van der Waals surface area contributed by atoms with Gasteiger partial charge in [0.1, 0.15) is 0 Å². The molecule has 0 amide bonds. The lowest BCUT2D eigenvalue weighted by molar-refractivity contribution is -0.136. The molecule has 0 atom stereocenters. The number of carboxylic acids is 1. The van der Waals surface area contributed by atoms with E-state index in [-0.39, 0.29) is 12.1 Å². The summed E-state index contributed by atoms with van der Waals surface area (Å²) in [7, 11) is 0. The van der Waals surface area contributed by atoms with E-state index in [1.54, 1.807) is 18.2 Å². The fraction of sp³-hybridized carbons (Fsp3) is 0.0833. The number of hydrogen-bond donors (Lipinski definition) is 4. The van der Waals surface area contributed by atoms with E-state index < -0.39 is 5.97 Å². The molecule has 0 unspecified atom stereocenters. The monoisotopic (exact) mass is 258 g/mol. The summed E-state index contributed by atoms with van der Waals surface area (Å²) in [5.74, 6) is -0.916. The van der Waals surface area contributed by atoms with Crippen molar-refractivity contribution in [2.75, 3.05) is 0 Å². The molecule has 0 saturated carbocycles. The summed E-state index contributed by atoms with van der Waals surface area (Å²) >= 11 is 0. The average molecular weight is 258 g/mol. The molecule has 3 rings (SSSR count). The lowest BCUT2D eigenvalue weighted by atomic mass is 10.1. The summed E-state index contributed by atoms with van der Waals surface area (Å²) < 4.78 is 0. The van der Waals surface area contributed by atoms with Crippen LogP contribution in [0.2, 0.25) is 0 Å². The number of imidazole rings is 1. The van der Waals surface area contributed by atoms with Gasteiger partial charge in [0.25, 0.3) is 0 Å². The molecule has 4 N–H and O–H groups in total. The molecule has 2 aromatic heterocycles. The third-order valence-corrected chi connectivity index (χ3v) is 2.78. The molecule has 7 nitrogen and oxygen atoms in total. The first kappa shape index (κ1) is 11.3. The molecule has 7 heteroatoms. The fourth-order valence-electron chi connectivity index (χ4n) is 1.95. The van der Waals surface area contributed by atoms with Crippen LogP contribution >= 0.6 is 0 Å². The zero-order chi connectivity index (χ0) is 13.4. The van der Waals surface area contributed by atoms with Crippen LogP contribution in [0.1, 0.15) is 5.69 Å². The van der Waals surface area contributed by atoms with E-state index in [1.807, 2.05) is 6.07 Å². The largest absolute Gasteiger partial charge is 0.481 e. The van der Waals surface area contributed by atoms with E-state index in [2.05, 4.69) is 20.2 Å². The maximum absolute atomic E-state index is 11.2. The predicted octanol–water partition coefficient (Wildman–Crippen LogP) is 0.873. The van der Waals surface area contributed by atoms with Crippen molar-refractivity contribution in [3.8, 4) is 11.3 Å². The quantitative estimate of drug-likeness (QED) is 0.558. The number of nitrogens with zero attached hydrogens (tertiary/aromatic N) is 1. The first-order valence-electron chi connectivity index (χ1n) is 5.60. The highest BCUT2D eigenvalue weighted by molar-refractivity contribution is 5.80. The van der Waals surface area contributed by atoms with Gasteiger partial charge < -0.3 is 15.1 Å². The minimum Gasteiger partial charge on any atom is -0.481 e. The van der Waals surface area contributed by atoms with E-state index in [4.69, 9.17) is 5.11 Å². The van der Waals surface area contributed by atoms with Gasteiger partial charge >= 0.3 is 11.7 Å². The molecular weight excluding hydrogens is 248 g/mol. The van der Waals surface area contributed by atoms with Crippen molar-refractivity contribution in [2.24, 2.45) is 0 Å². The molecular formula is C12H10N4O3. The summed E-state index contributed by atoms with van der Waals surface area (Å²) in [5, 5.41) is 15.4. The Balaban J connectivity index is 2.01.